The minimum atomic E-state index is 0.566. The normalized spacial score (nSPS) is 25.4. The van der Waals surface area contributed by atoms with Crippen LogP contribution in [0.2, 0.25) is 5.02 Å². The van der Waals surface area contributed by atoms with Crippen LogP contribution < -0.4 is 5.32 Å². The molecule has 1 aliphatic heterocycles. The fraction of sp³-hybridized carbons (Fsp3) is 0.500. The van der Waals surface area contributed by atoms with Crippen molar-refractivity contribution in [3.8, 4) is 0 Å². The van der Waals surface area contributed by atoms with Crippen LogP contribution in [0.25, 0.3) is 0 Å². The third kappa shape index (κ3) is 3.08. The first kappa shape index (κ1) is 12.6. The Morgan fingerprint density at radius 2 is 2.31 bits per heavy atom. The van der Waals surface area contributed by atoms with Crippen LogP contribution in [-0.2, 0) is 0 Å². The zero-order chi connectivity index (χ0) is 11.5. The number of rotatable bonds is 2. The smallest absolute Gasteiger partial charge is 0.0488 e. The van der Waals surface area contributed by atoms with E-state index in [2.05, 4.69) is 39.9 Å². The molecule has 1 heterocycles. The van der Waals surface area contributed by atoms with Crippen molar-refractivity contribution in [2.45, 2.75) is 31.1 Å². The van der Waals surface area contributed by atoms with E-state index in [4.69, 9.17) is 11.6 Å². The van der Waals surface area contributed by atoms with E-state index in [0.29, 0.717) is 11.3 Å². The summed E-state index contributed by atoms with van der Waals surface area (Å²) in [4.78, 5) is 0. The van der Waals surface area contributed by atoms with Crippen molar-refractivity contribution in [3.05, 3.63) is 27.7 Å². The van der Waals surface area contributed by atoms with Crippen LogP contribution in [0.3, 0.4) is 0 Å². The Balaban J connectivity index is 2.07. The standard InChI is InChI=1S/C12H15BrClNS/c1-8-11(3-2-6-16-8)15-12-5-4-9(14)7-10(12)13/h4-5,7-8,11,15H,2-3,6H2,1H3. The molecule has 1 aromatic carbocycles. The van der Waals surface area contributed by atoms with Crippen molar-refractivity contribution in [1.29, 1.82) is 0 Å². The number of anilines is 1. The molecule has 0 saturated carbocycles. The van der Waals surface area contributed by atoms with Crippen LogP contribution in [-0.4, -0.2) is 17.0 Å². The van der Waals surface area contributed by atoms with Crippen LogP contribution in [0, 0.1) is 0 Å². The first-order valence-corrected chi connectivity index (χ1v) is 7.72. The van der Waals surface area contributed by atoms with Crippen LogP contribution >= 0.6 is 39.3 Å². The van der Waals surface area contributed by atoms with E-state index >= 15 is 0 Å². The lowest BCUT2D eigenvalue weighted by Gasteiger charge is -2.30. The minimum Gasteiger partial charge on any atom is -0.380 e. The highest BCUT2D eigenvalue weighted by Gasteiger charge is 2.21. The summed E-state index contributed by atoms with van der Waals surface area (Å²) in [5.41, 5.74) is 1.14. The average Bonchev–Trinajstić information content (AvgIpc) is 2.25. The van der Waals surface area contributed by atoms with Gasteiger partial charge < -0.3 is 5.32 Å². The second-order valence-corrected chi connectivity index (χ2v) is 6.87. The quantitative estimate of drug-likeness (QED) is 0.840. The van der Waals surface area contributed by atoms with Crippen molar-refractivity contribution in [1.82, 2.24) is 0 Å². The number of hydrogen-bond donors (Lipinski definition) is 1. The average molecular weight is 321 g/mol. The summed E-state index contributed by atoms with van der Waals surface area (Å²) in [7, 11) is 0. The third-order valence-electron chi connectivity index (χ3n) is 2.88. The molecule has 1 saturated heterocycles. The molecule has 1 aliphatic rings. The maximum atomic E-state index is 5.93. The molecule has 1 N–H and O–H groups in total. The maximum absolute atomic E-state index is 5.93. The lowest BCUT2D eigenvalue weighted by atomic mass is 10.1. The van der Waals surface area contributed by atoms with Gasteiger partial charge in [-0.2, -0.15) is 11.8 Å². The summed E-state index contributed by atoms with van der Waals surface area (Å²) < 4.78 is 1.04. The fourth-order valence-electron chi connectivity index (χ4n) is 1.92. The molecule has 2 unspecified atom stereocenters. The van der Waals surface area contributed by atoms with Gasteiger partial charge in [-0.05, 0) is 52.7 Å². The molecular weight excluding hydrogens is 306 g/mol. The van der Waals surface area contributed by atoms with Gasteiger partial charge >= 0.3 is 0 Å². The van der Waals surface area contributed by atoms with E-state index in [1.807, 2.05) is 18.2 Å². The first-order valence-electron chi connectivity index (χ1n) is 5.50. The van der Waals surface area contributed by atoms with Crippen LogP contribution in [0.5, 0.6) is 0 Å². The molecule has 0 spiro atoms. The molecular formula is C12H15BrClNS. The van der Waals surface area contributed by atoms with Gasteiger partial charge in [0.2, 0.25) is 0 Å². The topological polar surface area (TPSA) is 12.0 Å². The maximum Gasteiger partial charge on any atom is 0.0488 e. The van der Waals surface area contributed by atoms with Crippen molar-refractivity contribution < 1.29 is 0 Å². The van der Waals surface area contributed by atoms with Crippen LogP contribution in [0.15, 0.2) is 22.7 Å². The van der Waals surface area contributed by atoms with Gasteiger partial charge in [0, 0.05) is 26.5 Å². The lowest BCUT2D eigenvalue weighted by Crippen LogP contribution is -2.32. The van der Waals surface area contributed by atoms with Gasteiger partial charge in [0.1, 0.15) is 0 Å². The number of halogens is 2. The monoisotopic (exact) mass is 319 g/mol. The van der Waals surface area contributed by atoms with Crippen molar-refractivity contribution >= 4 is 45.0 Å². The summed E-state index contributed by atoms with van der Waals surface area (Å²) in [6.07, 6.45) is 2.56. The molecule has 2 atom stereocenters. The Kier molecular flexibility index (Phi) is 4.45. The Hall–Kier alpha value is 0.140. The molecule has 4 heteroatoms. The zero-order valence-electron chi connectivity index (χ0n) is 9.17. The van der Waals surface area contributed by atoms with E-state index < -0.39 is 0 Å². The Morgan fingerprint density at radius 1 is 1.50 bits per heavy atom. The lowest BCUT2D eigenvalue weighted by molar-refractivity contribution is 0.617. The van der Waals surface area contributed by atoms with Crippen molar-refractivity contribution in [3.63, 3.8) is 0 Å². The Labute approximate surface area is 114 Å². The first-order chi connectivity index (χ1) is 7.66. The summed E-state index contributed by atoms with van der Waals surface area (Å²) in [6, 6.07) is 6.47. The second kappa shape index (κ2) is 5.65. The largest absolute Gasteiger partial charge is 0.380 e. The molecule has 16 heavy (non-hydrogen) atoms. The third-order valence-corrected chi connectivity index (χ3v) is 5.15. The number of nitrogens with one attached hydrogen (secondary N) is 1. The van der Waals surface area contributed by atoms with Gasteiger partial charge in [0.05, 0.1) is 0 Å². The molecule has 0 amide bonds. The Bertz CT molecular complexity index is 372. The van der Waals surface area contributed by atoms with Crippen LogP contribution in [0.1, 0.15) is 19.8 Å². The van der Waals surface area contributed by atoms with Crippen LogP contribution in [0.4, 0.5) is 5.69 Å². The van der Waals surface area contributed by atoms with Crippen molar-refractivity contribution in [2.24, 2.45) is 0 Å². The highest BCUT2D eigenvalue weighted by molar-refractivity contribution is 9.10. The van der Waals surface area contributed by atoms with Crippen molar-refractivity contribution in [2.75, 3.05) is 11.1 Å². The molecule has 88 valence electrons. The molecule has 0 aliphatic carbocycles. The van der Waals surface area contributed by atoms with Gasteiger partial charge in [0.15, 0.2) is 0 Å². The minimum absolute atomic E-state index is 0.566. The Morgan fingerprint density at radius 3 is 3.00 bits per heavy atom. The molecule has 1 nitrogen and oxygen atoms in total. The summed E-state index contributed by atoms with van der Waals surface area (Å²) in [5.74, 6) is 1.29. The second-order valence-electron chi connectivity index (χ2n) is 4.09. The molecule has 0 aromatic heterocycles. The van der Waals surface area contributed by atoms with Gasteiger partial charge in [-0.25, -0.2) is 0 Å². The number of thioether (sulfide) groups is 1. The van der Waals surface area contributed by atoms with E-state index in [1.165, 1.54) is 18.6 Å². The summed E-state index contributed by atoms with van der Waals surface area (Å²) >= 11 is 11.5. The SMILES string of the molecule is CC1SCCCC1Nc1ccc(Cl)cc1Br. The van der Waals surface area contributed by atoms with Gasteiger partial charge in [0.25, 0.3) is 0 Å². The predicted molar refractivity (Wildman–Crippen MR) is 77.7 cm³/mol. The molecule has 2 rings (SSSR count). The highest BCUT2D eigenvalue weighted by Crippen LogP contribution is 2.31. The zero-order valence-corrected chi connectivity index (χ0v) is 12.3. The molecule has 0 bridgehead atoms. The molecule has 1 fully saturated rings. The number of benzene rings is 1. The fourth-order valence-corrected chi connectivity index (χ4v) is 3.86. The van der Waals surface area contributed by atoms with Gasteiger partial charge in [-0.3, -0.25) is 0 Å². The van der Waals surface area contributed by atoms with Gasteiger partial charge in [-0.15, -0.1) is 0 Å². The van der Waals surface area contributed by atoms with Gasteiger partial charge in [-0.1, -0.05) is 18.5 Å². The van der Waals surface area contributed by atoms with E-state index in [1.54, 1.807) is 0 Å². The highest BCUT2D eigenvalue weighted by atomic mass is 79.9. The van der Waals surface area contributed by atoms with E-state index in [-0.39, 0.29) is 0 Å². The summed E-state index contributed by atoms with van der Waals surface area (Å²) in [5, 5.41) is 5.04. The number of hydrogen-bond acceptors (Lipinski definition) is 2. The van der Waals surface area contributed by atoms with E-state index in [9.17, 15) is 0 Å². The molecule has 1 aromatic rings. The predicted octanol–water partition coefficient (Wildman–Crippen LogP) is 4.80. The molecule has 0 radical (unpaired) electrons. The summed E-state index contributed by atoms with van der Waals surface area (Å²) in [6.45, 7) is 2.30. The van der Waals surface area contributed by atoms with E-state index in [0.717, 1.165) is 15.2 Å².